The molecule has 0 aliphatic rings. The highest BCUT2D eigenvalue weighted by molar-refractivity contribution is 5.69. The van der Waals surface area contributed by atoms with Crippen LogP contribution < -0.4 is 0 Å². The molecule has 0 amide bonds. The van der Waals surface area contributed by atoms with Crippen LogP contribution in [-0.2, 0) is 0 Å². The van der Waals surface area contributed by atoms with Crippen LogP contribution in [0.5, 0.6) is 0 Å². The molecule has 0 spiro atoms. The summed E-state index contributed by atoms with van der Waals surface area (Å²) in [5.74, 6) is 0. The van der Waals surface area contributed by atoms with Gasteiger partial charge in [-0.3, -0.25) is 0 Å². The van der Waals surface area contributed by atoms with Crippen LogP contribution in [0.2, 0.25) is 0 Å². The van der Waals surface area contributed by atoms with E-state index in [0.717, 1.165) is 5.52 Å². The minimum atomic E-state index is 0.609. The molecule has 1 aromatic heterocycles. The van der Waals surface area contributed by atoms with Crippen LogP contribution in [0.4, 0.5) is 0 Å². The third kappa shape index (κ3) is 0.579. The molecule has 0 aliphatic carbocycles. The van der Waals surface area contributed by atoms with E-state index in [1.54, 1.807) is 6.07 Å². The van der Waals surface area contributed by atoms with E-state index in [-0.39, 0.29) is 0 Å². The van der Waals surface area contributed by atoms with Gasteiger partial charge in [-0.2, -0.15) is 0 Å². The highest BCUT2D eigenvalue weighted by Gasteiger charge is 1.94. The molecule has 0 saturated carbocycles. The summed E-state index contributed by atoms with van der Waals surface area (Å²) in [5.41, 5.74) is 1.36. The summed E-state index contributed by atoms with van der Waals surface area (Å²) in [4.78, 5) is 0. The van der Waals surface area contributed by atoms with E-state index in [1.165, 1.54) is 0 Å². The van der Waals surface area contributed by atoms with E-state index in [2.05, 4.69) is 16.4 Å². The fraction of sp³-hybridized carbons (Fsp3) is 0. The fourth-order valence-electron chi connectivity index (χ4n) is 0.670. The summed E-state index contributed by atoms with van der Waals surface area (Å²) < 4.78 is 4.70. The molecule has 3 heteroatoms. The maximum Gasteiger partial charge on any atom is 0.195 e. The monoisotopic (exact) mass is 119 g/mol. The Morgan fingerprint density at radius 1 is 1.56 bits per heavy atom. The van der Waals surface area contributed by atoms with Crippen LogP contribution in [0.3, 0.4) is 0 Å². The van der Waals surface area contributed by atoms with E-state index in [9.17, 15) is 0 Å². The highest BCUT2D eigenvalue weighted by atomic mass is 16.5. The van der Waals surface area contributed by atoms with Gasteiger partial charge in [-0.05, 0) is 6.07 Å². The quantitative estimate of drug-likeness (QED) is 0.519. The second kappa shape index (κ2) is 1.55. The first-order valence-corrected chi connectivity index (χ1v) is 2.55. The summed E-state index contributed by atoms with van der Waals surface area (Å²) in [7, 11) is 0. The molecule has 0 atom stereocenters. The predicted octanol–water partition coefficient (Wildman–Crippen LogP) is 1.02. The molecule has 0 N–H and O–H groups in total. The molecule has 1 heterocycles. The predicted molar refractivity (Wildman–Crippen MR) is 30.6 cm³/mol. The molecule has 9 heavy (non-hydrogen) atoms. The van der Waals surface area contributed by atoms with E-state index in [0.29, 0.717) is 5.58 Å². The molecule has 3 nitrogen and oxygen atoms in total. The Labute approximate surface area is 51.3 Å². The maximum absolute atomic E-state index is 4.70. The fourth-order valence-corrected chi connectivity index (χ4v) is 0.670. The number of hydrogen-bond donors (Lipinski definition) is 0. The Kier molecular flexibility index (Phi) is 0.773. The molecular weight excluding hydrogens is 116 g/mol. The molecule has 43 valence electrons. The van der Waals surface area contributed by atoms with Crippen LogP contribution in [0.25, 0.3) is 11.1 Å². The van der Waals surface area contributed by atoms with Gasteiger partial charge in [0.15, 0.2) is 5.58 Å². The van der Waals surface area contributed by atoms with Crippen LogP contribution in [0, 0.1) is 6.07 Å². The van der Waals surface area contributed by atoms with Crippen LogP contribution >= 0.6 is 0 Å². The molecule has 1 radical (unpaired) electrons. The van der Waals surface area contributed by atoms with Gasteiger partial charge in [0.05, 0.1) is 0 Å². The lowest BCUT2D eigenvalue weighted by Crippen LogP contribution is -1.64. The molecule has 2 aromatic rings. The minimum Gasteiger partial charge on any atom is -0.336 e. The second-order valence-corrected chi connectivity index (χ2v) is 1.66. The topological polar surface area (TPSA) is 38.9 Å². The van der Waals surface area contributed by atoms with E-state index >= 15 is 0 Å². The molecule has 0 aliphatic heterocycles. The third-order valence-electron chi connectivity index (χ3n) is 1.08. The molecule has 0 fully saturated rings. The van der Waals surface area contributed by atoms with Crippen molar-refractivity contribution in [3.63, 3.8) is 0 Å². The first-order chi connectivity index (χ1) is 4.47. The molecule has 0 saturated heterocycles. The second-order valence-electron chi connectivity index (χ2n) is 1.66. The van der Waals surface area contributed by atoms with Crippen molar-refractivity contribution in [2.45, 2.75) is 0 Å². The smallest absolute Gasteiger partial charge is 0.195 e. The molecule has 0 unspecified atom stereocenters. The lowest BCUT2D eigenvalue weighted by atomic mass is 10.3. The SMILES string of the molecule is [c]1cccc2nnoc12. The zero-order valence-corrected chi connectivity index (χ0v) is 4.53. The largest absolute Gasteiger partial charge is 0.336 e. The number of para-hydroxylation sites is 1. The van der Waals surface area contributed by atoms with Gasteiger partial charge in [0.2, 0.25) is 0 Å². The number of hydrogen-bond acceptors (Lipinski definition) is 3. The summed E-state index contributed by atoms with van der Waals surface area (Å²) in [6, 6.07) is 8.26. The molecule has 0 bridgehead atoms. The Morgan fingerprint density at radius 3 is 3.44 bits per heavy atom. The zero-order chi connectivity index (χ0) is 6.10. The Hall–Kier alpha value is -1.38. The Morgan fingerprint density at radius 2 is 2.56 bits per heavy atom. The number of nitrogens with zero attached hydrogens (tertiary/aromatic N) is 2. The van der Waals surface area contributed by atoms with Crippen molar-refractivity contribution in [2.75, 3.05) is 0 Å². The molecule has 1 aromatic carbocycles. The minimum absolute atomic E-state index is 0.609. The average molecular weight is 119 g/mol. The summed E-state index contributed by atoms with van der Waals surface area (Å²) in [6.45, 7) is 0. The van der Waals surface area contributed by atoms with Gasteiger partial charge < -0.3 is 4.52 Å². The highest BCUT2D eigenvalue weighted by Crippen LogP contribution is 2.06. The van der Waals surface area contributed by atoms with Crippen LogP contribution in [0.15, 0.2) is 22.7 Å². The normalized spacial score (nSPS) is 10.2. The third-order valence-corrected chi connectivity index (χ3v) is 1.08. The molecule has 2 rings (SSSR count). The first kappa shape index (κ1) is 4.49. The van der Waals surface area contributed by atoms with Crippen molar-refractivity contribution in [3.05, 3.63) is 24.3 Å². The summed E-state index contributed by atoms with van der Waals surface area (Å²) in [5, 5.41) is 7.02. The summed E-state index contributed by atoms with van der Waals surface area (Å²) in [6.07, 6.45) is 0. The average Bonchev–Trinajstić information content (AvgIpc) is 2.33. The lowest BCUT2D eigenvalue weighted by Gasteiger charge is -1.75. The van der Waals surface area contributed by atoms with Crippen molar-refractivity contribution in [2.24, 2.45) is 0 Å². The summed E-state index contributed by atoms with van der Waals surface area (Å²) >= 11 is 0. The van der Waals surface area contributed by atoms with E-state index < -0.39 is 0 Å². The van der Waals surface area contributed by atoms with E-state index in [1.807, 2.05) is 12.1 Å². The van der Waals surface area contributed by atoms with Gasteiger partial charge in [0.25, 0.3) is 0 Å². The number of aromatic nitrogens is 2. The number of fused-ring (bicyclic) bond motifs is 1. The number of rotatable bonds is 0. The standard InChI is InChI=1S/C6H3N2O/c1-2-4-6-5(3-1)7-8-9-6/h1-3H. The Bertz CT molecular complexity index is 285. The van der Waals surface area contributed by atoms with Gasteiger partial charge in [-0.15, -0.1) is 5.10 Å². The van der Waals surface area contributed by atoms with Crippen molar-refractivity contribution < 1.29 is 4.52 Å². The van der Waals surface area contributed by atoms with Crippen molar-refractivity contribution in [1.82, 2.24) is 10.4 Å². The molecular formula is C6H3N2O. The van der Waals surface area contributed by atoms with Crippen molar-refractivity contribution >= 4 is 11.1 Å². The first-order valence-electron chi connectivity index (χ1n) is 2.55. The lowest BCUT2D eigenvalue weighted by molar-refractivity contribution is 0.423. The van der Waals surface area contributed by atoms with Crippen LogP contribution in [-0.4, -0.2) is 10.4 Å². The Balaban J connectivity index is 2.95. The van der Waals surface area contributed by atoms with Gasteiger partial charge >= 0.3 is 0 Å². The van der Waals surface area contributed by atoms with Gasteiger partial charge in [0, 0.05) is 11.3 Å². The van der Waals surface area contributed by atoms with Crippen molar-refractivity contribution in [1.29, 1.82) is 0 Å². The van der Waals surface area contributed by atoms with Gasteiger partial charge in [0.1, 0.15) is 5.52 Å². The van der Waals surface area contributed by atoms with Crippen LogP contribution in [0.1, 0.15) is 0 Å². The van der Waals surface area contributed by atoms with Crippen molar-refractivity contribution in [3.8, 4) is 0 Å². The zero-order valence-electron chi connectivity index (χ0n) is 4.53. The number of benzene rings is 1. The van der Waals surface area contributed by atoms with Gasteiger partial charge in [-0.1, -0.05) is 12.1 Å². The maximum atomic E-state index is 4.70. The van der Waals surface area contributed by atoms with Gasteiger partial charge in [-0.25, -0.2) is 0 Å². The van der Waals surface area contributed by atoms with E-state index in [4.69, 9.17) is 4.52 Å².